The van der Waals surface area contributed by atoms with Gasteiger partial charge in [0.2, 0.25) is 6.41 Å². The number of nitrogen functional groups attached to an aromatic ring is 2. The lowest BCUT2D eigenvalue weighted by molar-refractivity contribution is -0.385. The van der Waals surface area contributed by atoms with Gasteiger partial charge >= 0.3 is 24.5 Å². The number of aromatic nitrogens is 5. The van der Waals surface area contributed by atoms with E-state index in [9.17, 15) is 69.3 Å². The Balaban J connectivity index is 0.000000187. The summed E-state index contributed by atoms with van der Waals surface area (Å²) in [6.45, 7) is 0. The Morgan fingerprint density at radius 1 is 0.456 bits per heavy atom. The monoisotopic (exact) mass is 1880 g/mol. The first-order valence-electron chi connectivity index (χ1n) is 32.1. The lowest BCUT2D eigenvalue weighted by Gasteiger charge is -2.11. The highest BCUT2D eigenvalue weighted by Crippen LogP contribution is 2.36. The molecule has 0 radical (unpaired) electrons. The number of primary amides is 1. The molecule has 9 aromatic carbocycles. The molecule has 0 atom stereocenters. The minimum Gasteiger partial charge on any atom is -0.478 e. The topological polar surface area (TPSA) is 366 Å². The molecule has 114 heavy (non-hydrogen) atoms. The van der Waals surface area contributed by atoms with E-state index in [1.54, 1.807) is 42.9 Å². The van der Waals surface area contributed by atoms with Crippen LogP contribution in [-0.2, 0) is 36.2 Å². The van der Waals surface area contributed by atoms with Gasteiger partial charge < -0.3 is 44.4 Å². The van der Waals surface area contributed by atoms with E-state index in [2.05, 4.69) is 78.4 Å². The van der Waals surface area contributed by atoms with Crippen LogP contribution in [0.3, 0.4) is 0 Å². The van der Waals surface area contributed by atoms with Gasteiger partial charge in [-0.1, -0.05) is 127 Å². The molecule has 0 fully saturated rings. The first kappa shape index (κ1) is 88.8. The number of halogens is 13. The van der Waals surface area contributed by atoms with E-state index in [0.29, 0.717) is 58.0 Å². The van der Waals surface area contributed by atoms with Gasteiger partial charge in [-0.25, -0.2) is 29.7 Å². The second-order valence-electron chi connectivity index (χ2n) is 22.7. The standard InChI is InChI=1S/C18H12F3NO3.C17H11BrF3NO.C9H7BrN2O.C9H6N2O3.C9H8N2O.C8H6BrNO3.C7H4F3I.CH3NO/c19-18(20,21)14-5-1-11(2-6-14)7-12-3-4-13(17(23)24)8-15(12)16-9-25-10-22-16;18-14-6-3-12(15(8-14)16-9-23-10-22-16)7-11-1-4-13(5-2-11)17(19,20)21;10-6-1-2-8(11)7(3-6)9-4-13-5-12-9;12-11(13)9-4-2-1-3-7(9)8-5-14-6-10-8;10-8-4-2-1-3-7(8)9-5-12-6-11-9;9-5-8(11)6-3-1-2-4-7(6)10(12)13;8-7(9,10)5-1-3-6(11)4-2-5;2-1-3/h1-6,8-10H,7H2,(H,23,24);1-6,8-10H,7H2;1-5H,11H2;1-6H;1-6H,10H2;1-4H,5H2;1-4H;1H,(H2,2,3). The fourth-order valence-corrected chi connectivity index (χ4v) is 11.1. The molecule has 0 spiro atoms. The Bertz CT molecular complexity index is 5380. The number of alkyl halides is 10. The van der Waals surface area contributed by atoms with Crippen molar-refractivity contribution in [1.29, 1.82) is 0 Å². The van der Waals surface area contributed by atoms with Crippen LogP contribution in [0.1, 0.15) is 59.7 Å². The van der Waals surface area contributed by atoms with E-state index in [4.69, 9.17) is 43.5 Å². The molecule has 5 heterocycles. The summed E-state index contributed by atoms with van der Waals surface area (Å²) >= 11 is 11.7. The van der Waals surface area contributed by atoms with Crippen molar-refractivity contribution in [3.05, 3.63) is 346 Å². The summed E-state index contributed by atoms with van der Waals surface area (Å²) in [7, 11) is 0. The van der Waals surface area contributed by atoms with Gasteiger partial charge in [-0.15, -0.1) is 0 Å². The number of nitrogens with zero attached hydrogens (tertiary/aromatic N) is 7. The molecule has 0 aliphatic carbocycles. The maximum absolute atomic E-state index is 12.6. The quantitative estimate of drug-likeness (QED) is 0.0115. The lowest BCUT2D eigenvalue weighted by atomic mass is 9.95. The maximum atomic E-state index is 12.6. The zero-order chi connectivity index (χ0) is 83.1. The number of ketones is 1. The summed E-state index contributed by atoms with van der Waals surface area (Å²) in [5, 5.41) is 30.4. The Morgan fingerprint density at radius 2 is 0.798 bits per heavy atom. The predicted octanol–water partition coefficient (Wildman–Crippen LogP) is 21.8. The molecule has 588 valence electrons. The average molecular weight is 1880 g/mol. The minimum absolute atomic E-state index is 0.0291. The van der Waals surface area contributed by atoms with Crippen LogP contribution in [0, 0.1) is 23.8 Å². The van der Waals surface area contributed by atoms with Crippen LogP contribution in [-0.4, -0.2) is 63.4 Å². The normalized spacial score (nSPS) is 10.6. The molecule has 23 nitrogen and oxygen atoms in total. The number of Topliss-reactive ketones (excluding diaryl/α,β-unsaturated/α-hetero) is 1. The average Bonchev–Trinajstić information content (AvgIpc) is 1.30. The van der Waals surface area contributed by atoms with E-state index in [1.165, 1.54) is 124 Å². The number of carbonyl (C=O) groups excluding carboxylic acids is 2. The fourth-order valence-electron chi connectivity index (χ4n) is 9.74. The van der Waals surface area contributed by atoms with E-state index in [0.717, 1.165) is 93.7 Å². The number of nitro groups is 2. The van der Waals surface area contributed by atoms with Gasteiger partial charge in [-0.05, 0) is 167 Å². The van der Waals surface area contributed by atoms with Crippen LogP contribution >= 0.6 is 70.4 Å². The summed E-state index contributed by atoms with van der Waals surface area (Å²) in [5.74, 6) is -1.36. The lowest BCUT2D eigenvalue weighted by Crippen LogP contribution is -2.04. The third kappa shape index (κ3) is 27.2. The Labute approximate surface area is 679 Å². The summed E-state index contributed by atoms with van der Waals surface area (Å²) < 4.78 is 139. The number of benzene rings is 9. The Hall–Kier alpha value is -12.4. The molecule has 0 saturated carbocycles. The van der Waals surface area contributed by atoms with Crippen molar-refractivity contribution < 1.29 is 90.9 Å². The van der Waals surface area contributed by atoms with Crippen LogP contribution in [0.5, 0.6) is 0 Å². The number of carboxylic acids is 1. The highest BCUT2D eigenvalue weighted by molar-refractivity contribution is 14.1. The van der Waals surface area contributed by atoms with Crippen molar-refractivity contribution >= 4 is 111 Å². The maximum Gasteiger partial charge on any atom is 0.416 e. The third-order valence-corrected chi connectivity index (χ3v) is 17.3. The summed E-state index contributed by atoms with van der Waals surface area (Å²) in [4.78, 5) is 71.1. The number of hydrogen-bond acceptors (Lipinski definition) is 19. The molecule has 14 rings (SSSR count). The first-order chi connectivity index (χ1) is 54.3. The summed E-state index contributed by atoms with van der Waals surface area (Å²) in [6, 6.07) is 50.8. The largest absolute Gasteiger partial charge is 0.478 e. The Kier molecular flexibility index (Phi) is 33.4. The number of rotatable bonds is 14. The highest BCUT2D eigenvalue weighted by Gasteiger charge is 2.32. The number of nitro benzene ring substituents is 2. The number of oxazole rings is 5. The molecule has 36 heteroatoms. The molecule has 0 aliphatic heterocycles. The van der Waals surface area contributed by atoms with E-state index < -0.39 is 51.0 Å². The van der Waals surface area contributed by atoms with Crippen molar-refractivity contribution in [3.8, 4) is 56.3 Å². The van der Waals surface area contributed by atoms with E-state index in [1.807, 2.05) is 83.3 Å². The number of hydrogen-bond donors (Lipinski definition) is 4. The number of carboxylic acid groups (broad SMARTS) is 1. The predicted molar refractivity (Wildman–Crippen MR) is 422 cm³/mol. The second kappa shape index (κ2) is 42.8. The van der Waals surface area contributed by atoms with E-state index >= 15 is 0 Å². The smallest absolute Gasteiger partial charge is 0.416 e. The van der Waals surface area contributed by atoms with Gasteiger partial charge in [-0.3, -0.25) is 29.8 Å². The van der Waals surface area contributed by atoms with Crippen LogP contribution in [0.25, 0.3) is 56.3 Å². The summed E-state index contributed by atoms with van der Waals surface area (Å²) in [5.41, 5.74) is 25.2. The van der Waals surface area contributed by atoms with Crippen molar-refractivity contribution in [2.24, 2.45) is 5.73 Å². The van der Waals surface area contributed by atoms with E-state index in [-0.39, 0.29) is 40.0 Å². The van der Waals surface area contributed by atoms with Crippen molar-refractivity contribution in [1.82, 2.24) is 24.9 Å². The second-order valence-corrected chi connectivity index (χ2v) is 26.3. The molecular formula is C78H57Br3F9IN10O13. The molecule has 7 N–H and O–H groups in total. The van der Waals surface area contributed by atoms with Crippen molar-refractivity contribution in [2.45, 2.75) is 31.4 Å². The van der Waals surface area contributed by atoms with Crippen LogP contribution in [0.15, 0.2) is 295 Å². The van der Waals surface area contributed by atoms with Gasteiger partial charge in [0.1, 0.15) is 59.8 Å². The highest BCUT2D eigenvalue weighted by atomic mass is 127. The van der Waals surface area contributed by atoms with Crippen LogP contribution in [0.2, 0.25) is 0 Å². The van der Waals surface area contributed by atoms with Gasteiger partial charge in [0, 0.05) is 58.3 Å². The SMILES string of the molecule is FC(F)(F)c1ccc(Cc2ccc(Br)cc2-c2cocn2)cc1.FC(F)(F)c1ccc(I)cc1.NC=O.Nc1ccc(Br)cc1-c1cocn1.Nc1ccccc1-c1cocn1.O=C(CBr)c1ccccc1[N+](=O)[O-].O=C(O)c1ccc(Cc2ccc(C(F)(F)F)cc2)c(-c2cocn2)c1.O=[N+]([O-])c1ccccc1-c1cocn1. The number of carbonyl (C=O) groups is 3. The fraction of sp³-hybridized carbons (Fsp3) is 0.0769. The first-order valence-corrected chi connectivity index (χ1v) is 35.9. The molecule has 14 aromatic rings. The molecule has 1 amide bonds. The number of anilines is 2. The van der Waals surface area contributed by atoms with Gasteiger partial charge in [-0.2, -0.15) is 39.5 Å². The molecule has 0 saturated heterocycles. The number of para-hydroxylation sites is 3. The molecule has 0 unspecified atom stereocenters. The Morgan fingerprint density at radius 3 is 1.20 bits per heavy atom. The van der Waals surface area contributed by atoms with Crippen LogP contribution < -0.4 is 17.2 Å². The van der Waals surface area contributed by atoms with Gasteiger partial charge in [0.15, 0.2) is 37.8 Å². The molecule has 0 aliphatic rings. The minimum atomic E-state index is -4.38. The van der Waals surface area contributed by atoms with Crippen molar-refractivity contribution in [2.75, 3.05) is 16.8 Å². The van der Waals surface area contributed by atoms with Crippen LogP contribution in [0.4, 0.5) is 62.3 Å². The number of amides is 1. The zero-order valence-electron chi connectivity index (χ0n) is 58.1. The van der Waals surface area contributed by atoms with Crippen molar-refractivity contribution in [3.63, 3.8) is 0 Å². The zero-order valence-corrected chi connectivity index (χ0v) is 65.1. The van der Waals surface area contributed by atoms with Gasteiger partial charge in [0.05, 0.1) is 48.6 Å². The molecular weight excluding hydrogens is 1820 g/mol. The number of aromatic carboxylic acids is 1. The van der Waals surface area contributed by atoms with Gasteiger partial charge in [0.25, 0.3) is 11.4 Å². The third-order valence-electron chi connectivity index (χ3n) is 15.1. The number of nitrogens with two attached hydrogens (primary N) is 3. The summed E-state index contributed by atoms with van der Waals surface area (Å²) in [6.07, 6.45) is 2.21. The molecule has 5 aromatic heterocycles. The molecule has 0 bridgehead atoms.